The number of nitrogens with zero attached hydrogens (tertiary/aromatic N) is 1. The summed E-state index contributed by atoms with van der Waals surface area (Å²) in [5, 5.41) is 3.43. The number of rotatable bonds is 4. The summed E-state index contributed by atoms with van der Waals surface area (Å²) in [4.78, 5) is 2.23. The highest BCUT2D eigenvalue weighted by molar-refractivity contribution is 5.50. The van der Waals surface area contributed by atoms with Crippen LogP contribution < -0.4 is 10.2 Å². The number of halogens is 1. The second-order valence-electron chi connectivity index (χ2n) is 6.61. The molecule has 1 aromatic rings. The van der Waals surface area contributed by atoms with Gasteiger partial charge < -0.3 is 10.2 Å². The Bertz CT molecular complexity index is 470. The Kier molecular flexibility index (Phi) is 3.97. The number of hydrogen-bond acceptors (Lipinski definition) is 2. The molecule has 2 fully saturated rings. The average molecular weight is 276 g/mol. The zero-order valence-electron chi connectivity index (χ0n) is 12.5. The molecule has 0 bridgehead atoms. The maximum absolute atomic E-state index is 14.4. The van der Waals surface area contributed by atoms with E-state index in [1.165, 1.54) is 12.8 Å². The van der Waals surface area contributed by atoms with Crippen molar-refractivity contribution < 1.29 is 4.39 Å². The van der Waals surface area contributed by atoms with Crippen LogP contribution in [0.1, 0.15) is 45.1 Å². The maximum Gasteiger partial charge on any atom is 0.146 e. The molecule has 1 aliphatic carbocycles. The van der Waals surface area contributed by atoms with Gasteiger partial charge in [-0.15, -0.1) is 0 Å². The number of piperidine rings is 1. The summed E-state index contributed by atoms with van der Waals surface area (Å²) in [6.45, 7) is 6.25. The molecule has 1 saturated heterocycles. The van der Waals surface area contributed by atoms with E-state index in [2.05, 4.69) is 30.1 Å². The van der Waals surface area contributed by atoms with Crippen LogP contribution in [0.3, 0.4) is 0 Å². The second kappa shape index (κ2) is 5.72. The minimum atomic E-state index is -0.0681. The Hall–Kier alpha value is -1.09. The largest absolute Gasteiger partial charge is 0.366 e. The van der Waals surface area contributed by atoms with E-state index in [1.807, 2.05) is 6.07 Å². The van der Waals surface area contributed by atoms with Crippen molar-refractivity contribution in [3.63, 3.8) is 0 Å². The van der Waals surface area contributed by atoms with Crippen molar-refractivity contribution in [1.82, 2.24) is 5.32 Å². The Morgan fingerprint density at radius 1 is 1.25 bits per heavy atom. The lowest BCUT2D eigenvalue weighted by atomic mass is 9.93. The van der Waals surface area contributed by atoms with Gasteiger partial charge in [0.2, 0.25) is 0 Å². The number of benzene rings is 1. The van der Waals surface area contributed by atoms with Crippen LogP contribution in [0.4, 0.5) is 10.1 Å². The summed E-state index contributed by atoms with van der Waals surface area (Å²) in [7, 11) is 0. The van der Waals surface area contributed by atoms with Gasteiger partial charge in [0, 0.05) is 25.2 Å². The van der Waals surface area contributed by atoms with E-state index in [-0.39, 0.29) is 5.82 Å². The first-order valence-electron chi connectivity index (χ1n) is 7.92. The third kappa shape index (κ3) is 3.14. The van der Waals surface area contributed by atoms with Crippen LogP contribution in [0.2, 0.25) is 0 Å². The summed E-state index contributed by atoms with van der Waals surface area (Å²) in [5.41, 5.74) is 1.83. The highest BCUT2D eigenvalue weighted by Crippen LogP contribution is 2.30. The van der Waals surface area contributed by atoms with Crippen LogP contribution in [0.25, 0.3) is 0 Å². The summed E-state index contributed by atoms with van der Waals surface area (Å²) in [6, 6.07) is 6.84. The summed E-state index contributed by atoms with van der Waals surface area (Å²) in [6.07, 6.45) is 4.85. The molecule has 2 nitrogen and oxygen atoms in total. The Morgan fingerprint density at radius 2 is 2.05 bits per heavy atom. The van der Waals surface area contributed by atoms with E-state index in [9.17, 15) is 4.39 Å². The van der Waals surface area contributed by atoms with Crippen molar-refractivity contribution in [2.75, 3.05) is 11.4 Å². The van der Waals surface area contributed by atoms with Crippen molar-refractivity contribution in [3.05, 3.63) is 29.6 Å². The molecular weight excluding hydrogens is 251 g/mol. The molecule has 0 spiro atoms. The van der Waals surface area contributed by atoms with Gasteiger partial charge in [0.05, 0.1) is 5.69 Å². The van der Waals surface area contributed by atoms with Crippen molar-refractivity contribution in [1.29, 1.82) is 0 Å². The van der Waals surface area contributed by atoms with E-state index >= 15 is 0 Å². The molecule has 3 heteroatoms. The molecule has 1 heterocycles. The number of nitrogens with one attached hydrogen (secondary N) is 1. The van der Waals surface area contributed by atoms with Gasteiger partial charge in [-0.25, -0.2) is 4.39 Å². The molecule has 0 amide bonds. The molecule has 0 radical (unpaired) electrons. The van der Waals surface area contributed by atoms with Gasteiger partial charge in [-0.2, -0.15) is 0 Å². The first kappa shape index (κ1) is 13.9. The smallest absolute Gasteiger partial charge is 0.146 e. The van der Waals surface area contributed by atoms with Gasteiger partial charge in [0.15, 0.2) is 0 Å². The highest BCUT2D eigenvalue weighted by atomic mass is 19.1. The van der Waals surface area contributed by atoms with Crippen molar-refractivity contribution in [3.8, 4) is 0 Å². The highest BCUT2D eigenvalue weighted by Gasteiger charge is 2.25. The lowest BCUT2D eigenvalue weighted by Gasteiger charge is -2.38. The van der Waals surface area contributed by atoms with Crippen LogP contribution in [0.15, 0.2) is 18.2 Å². The van der Waals surface area contributed by atoms with E-state index in [1.54, 1.807) is 6.07 Å². The normalized spacial score (nSPS) is 26.9. The standard InChI is InChI=1S/C17H25FN2/c1-12-7-8-20(13(2)9-12)17-6-3-14(10-16(17)18)11-19-15-4-5-15/h3,6,10,12-13,15,19H,4-5,7-9,11H2,1-2H3. The number of hydrogen-bond donors (Lipinski definition) is 1. The molecule has 20 heavy (non-hydrogen) atoms. The van der Waals surface area contributed by atoms with Crippen LogP contribution in [-0.2, 0) is 6.54 Å². The maximum atomic E-state index is 14.4. The third-order valence-corrected chi connectivity index (χ3v) is 4.63. The minimum Gasteiger partial charge on any atom is -0.366 e. The van der Waals surface area contributed by atoms with Gasteiger partial charge >= 0.3 is 0 Å². The van der Waals surface area contributed by atoms with Gasteiger partial charge in [-0.3, -0.25) is 0 Å². The fraction of sp³-hybridized carbons (Fsp3) is 0.647. The molecule has 110 valence electrons. The summed E-state index contributed by atoms with van der Waals surface area (Å²) < 4.78 is 14.4. The van der Waals surface area contributed by atoms with Gasteiger partial charge in [0.1, 0.15) is 5.82 Å². The van der Waals surface area contributed by atoms with Gasteiger partial charge in [-0.1, -0.05) is 13.0 Å². The zero-order chi connectivity index (χ0) is 14.1. The minimum absolute atomic E-state index is 0.0681. The van der Waals surface area contributed by atoms with Crippen LogP contribution in [0, 0.1) is 11.7 Å². The lowest BCUT2D eigenvalue weighted by molar-refractivity contribution is 0.374. The summed E-state index contributed by atoms with van der Waals surface area (Å²) >= 11 is 0. The SMILES string of the molecule is CC1CCN(c2ccc(CNC3CC3)cc2F)C(C)C1. The molecule has 3 rings (SSSR count). The molecule has 0 aromatic heterocycles. The van der Waals surface area contributed by atoms with Crippen molar-refractivity contribution in [2.45, 2.75) is 58.2 Å². The molecule has 2 atom stereocenters. The fourth-order valence-electron chi connectivity index (χ4n) is 3.21. The molecular formula is C17H25FN2. The van der Waals surface area contributed by atoms with Gasteiger partial charge in [0.25, 0.3) is 0 Å². The Labute approximate surface area is 121 Å². The quantitative estimate of drug-likeness (QED) is 0.902. The summed E-state index contributed by atoms with van der Waals surface area (Å²) in [5.74, 6) is 0.688. The third-order valence-electron chi connectivity index (χ3n) is 4.63. The van der Waals surface area contributed by atoms with E-state index in [0.717, 1.165) is 43.1 Å². The monoisotopic (exact) mass is 276 g/mol. The molecule has 1 aromatic carbocycles. The van der Waals surface area contributed by atoms with Crippen LogP contribution in [0.5, 0.6) is 0 Å². The average Bonchev–Trinajstić information content (AvgIpc) is 3.22. The first-order valence-corrected chi connectivity index (χ1v) is 7.92. The zero-order valence-corrected chi connectivity index (χ0v) is 12.5. The second-order valence-corrected chi connectivity index (χ2v) is 6.61. The predicted molar refractivity (Wildman–Crippen MR) is 81.5 cm³/mol. The Balaban J connectivity index is 1.69. The molecule has 2 unspecified atom stereocenters. The molecule has 1 N–H and O–H groups in total. The number of anilines is 1. The van der Waals surface area contributed by atoms with Crippen LogP contribution in [-0.4, -0.2) is 18.6 Å². The van der Waals surface area contributed by atoms with Gasteiger partial charge in [-0.05, 0) is 56.2 Å². The first-order chi connectivity index (χ1) is 9.63. The predicted octanol–water partition coefficient (Wildman–Crippen LogP) is 3.70. The topological polar surface area (TPSA) is 15.3 Å². The van der Waals surface area contributed by atoms with Crippen molar-refractivity contribution >= 4 is 5.69 Å². The van der Waals surface area contributed by atoms with E-state index in [4.69, 9.17) is 0 Å². The van der Waals surface area contributed by atoms with Crippen molar-refractivity contribution in [2.24, 2.45) is 5.92 Å². The molecule has 1 aliphatic heterocycles. The fourth-order valence-corrected chi connectivity index (χ4v) is 3.21. The molecule has 2 aliphatic rings. The van der Waals surface area contributed by atoms with E-state index < -0.39 is 0 Å². The molecule has 1 saturated carbocycles. The van der Waals surface area contributed by atoms with E-state index in [0.29, 0.717) is 12.1 Å². The van der Waals surface area contributed by atoms with Crippen LogP contribution >= 0.6 is 0 Å². The lowest BCUT2D eigenvalue weighted by Crippen LogP contribution is -2.40. The Morgan fingerprint density at radius 3 is 2.70 bits per heavy atom.